The van der Waals surface area contributed by atoms with Gasteiger partial charge in [-0.3, -0.25) is 15.1 Å². The number of nitrogens with zero attached hydrogens (tertiary/aromatic N) is 7. The molecule has 0 atom stereocenters. The van der Waals surface area contributed by atoms with Gasteiger partial charge in [0.1, 0.15) is 17.0 Å². The van der Waals surface area contributed by atoms with Crippen molar-refractivity contribution in [3.05, 3.63) is 55.1 Å². The summed E-state index contributed by atoms with van der Waals surface area (Å²) in [6.45, 7) is 1.76. The number of H-pyrrole nitrogens is 2. The van der Waals surface area contributed by atoms with E-state index in [0.717, 1.165) is 52.3 Å². The molecule has 1 fully saturated rings. The van der Waals surface area contributed by atoms with E-state index in [-0.39, 0.29) is 12.8 Å². The molecule has 2 aliphatic heterocycles. The first kappa shape index (κ1) is 21.0. The molecule has 1 aromatic carbocycles. The minimum atomic E-state index is 0.174. The number of aromatic amines is 2. The highest BCUT2D eigenvalue weighted by Gasteiger charge is 2.25. The van der Waals surface area contributed by atoms with E-state index in [9.17, 15) is 0 Å². The fourth-order valence-electron chi connectivity index (χ4n) is 4.86. The summed E-state index contributed by atoms with van der Waals surface area (Å²) in [7, 11) is 0. The van der Waals surface area contributed by atoms with Crippen molar-refractivity contribution >= 4 is 27.9 Å². The van der Waals surface area contributed by atoms with Gasteiger partial charge in [-0.05, 0) is 29.8 Å². The molecule has 0 spiro atoms. The van der Waals surface area contributed by atoms with Crippen LogP contribution in [0.2, 0.25) is 0 Å². The van der Waals surface area contributed by atoms with E-state index in [4.69, 9.17) is 30.2 Å². The normalized spacial score (nSPS) is 14.9. The first-order valence-corrected chi connectivity index (χ1v) is 12.1. The Balaban J connectivity index is 1.20. The van der Waals surface area contributed by atoms with Crippen LogP contribution in [0.15, 0.2) is 55.1 Å². The number of hydrogen-bond donors (Lipinski definition) is 3. The molecule has 12 heteroatoms. The maximum absolute atomic E-state index is 5.93. The number of pyridine rings is 2. The van der Waals surface area contributed by atoms with Crippen LogP contribution in [-0.2, 0) is 0 Å². The summed E-state index contributed by atoms with van der Waals surface area (Å²) in [5, 5.41) is 7.59. The SMILES string of the molecule is NC1CN(c2cncc(-c3ccc4[nH]nc(-c5nc6c(-c7ccc8c(c7)OCO8)cncc6[nH]5)c4n3)n2)C1. The molecule has 4 N–H and O–H groups in total. The predicted octanol–water partition coefficient (Wildman–Crippen LogP) is 2.90. The Kier molecular flexibility index (Phi) is 4.40. The number of rotatable bonds is 4. The van der Waals surface area contributed by atoms with Gasteiger partial charge in [0.05, 0.1) is 40.8 Å². The fourth-order valence-corrected chi connectivity index (χ4v) is 4.86. The van der Waals surface area contributed by atoms with Crippen molar-refractivity contribution in [1.82, 2.24) is 40.1 Å². The number of imidazole rings is 1. The fraction of sp³-hybridized carbons (Fsp3) is 0.154. The Bertz CT molecular complexity index is 1860. The highest BCUT2D eigenvalue weighted by Crippen LogP contribution is 2.38. The van der Waals surface area contributed by atoms with E-state index in [0.29, 0.717) is 34.2 Å². The zero-order valence-corrected chi connectivity index (χ0v) is 19.9. The van der Waals surface area contributed by atoms with Gasteiger partial charge >= 0.3 is 0 Å². The Labute approximate surface area is 214 Å². The number of ether oxygens (including phenoxy) is 2. The Morgan fingerprint density at radius 2 is 1.74 bits per heavy atom. The molecule has 7 heterocycles. The number of nitrogens with two attached hydrogens (primary N) is 1. The summed E-state index contributed by atoms with van der Waals surface area (Å²) in [6, 6.07) is 9.82. The Hall–Kier alpha value is -5.10. The highest BCUT2D eigenvalue weighted by atomic mass is 16.7. The molecular formula is C26H20N10O2. The summed E-state index contributed by atoms with van der Waals surface area (Å²) >= 11 is 0. The van der Waals surface area contributed by atoms with E-state index in [2.05, 4.69) is 30.0 Å². The number of benzene rings is 1. The minimum Gasteiger partial charge on any atom is -0.454 e. The molecule has 5 aromatic heterocycles. The van der Waals surface area contributed by atoms with Gasteiger partial charge in [-0.25, -0.2) is 15.0 Å². The Morgan fingerprint density at radius 1 is 0.842 bits per heavy atom. The van der Waals surface area contributed by atoms with Crippen molar-refractivity contribution < 1.29 is 9.47 Å². The zero-order chi connectivity index (χ0) is 25.2. The molecule has 0 aliphatic carbocycles. The van der Waals surface area contributed by atoms with Crippen molar-refractivity contribution in [1.29, 1.82) is 0 Å². The molecule has 12 nitrogen and oxygen atoms in total. The number of anilines is 1. The average Bonchev–Trinajstić information content (AvgIpc) is 3.68. The number of nitrogens with one attached hydrogen (secondary N) is 2. The third-order valence-electron chi connectivity index (χ3n) is 6.83. The standard InChI is InChI=1S/C26H20N10O2/c27-14-10-36(11-14)22-9-29-7-18(30-22)16-2-3-17-24(31-16)25(35-34-17)26-32-19-8-28-6-15(23(19)33-26)13-1-4-20-21(5-13)38-12-37-20/h1-9,14H,10-12,27H2,(H,32,33)(H,34,35). The zero-order valence-electron chi connectivity index (χ0n) is 19.9. The molecule has 6 aromatic rings. The van der Waals surface area contributed by atoms with Gasteiger partial charge in [0, 0.05) is 30.9 Å². The van der Waals surface area contributed by atoms with Gasteiger partial charge in [-0.1, -0.05) is 6.07 Å². The number of aromatic nitrogens is 8. The van der Waals surface area contributed by atoms with Crippen LogP contribution < -0.4 is 20.1 Å². The van der Waals surface area contributed by atoms with E-state index in [1.54, 1.807) is 24.8 Å². The van der Waals surface area contributed by atoms with Crippen molar-refractivity contribution in [2.75, 3.05) is 24.8 Å². The lowest BCUT2D eigenvalue weighted by Gasteiger charge is -2.37. The van der Waals surface area contributed by atoms with E-state index in [1.807, 2.05) is 30.3 Å². The van der Waals surface area contributed by atoms with Crippen LogP contribution in [0.5, 0.6) is 11.5 Å². The molecule has 1 saturated heterocycles. The lowest BCUT2D eigenvalue weighted by molar-refractivity contribution is 0.174. The van der Waals surface area contributed by atoms with Crippen LogP contribution in [0.1, 0.15) is 0 Å². The second-order valence-electron chi connectivity index (χ2n) is 9.33. The van der Waals surface area contributed by atoms with Crippen LogP contribution in [-0.4, -0.2) is 66.0 Å². The molecule has 38 heavy (non-hydrogen) atoms. The quantitative estimate of drug-likeness (QED) is 0.326. The monoisotopic (exact) mass is 504 g/mol. The summed E-state index contributed by atoms with van der Waals surface area (Å²) in [5.74, 6) is 2.80. The van der Waals surface area contributed by atoms with Gasteiger partial charge < -0.3 is 25.1 Å². The summed E-state index contributed by atoms with van der Waals surface area (Å²) in [6.07, 6.45) is 7.00. The van der Waals surface area contributed by atoms with Crippen LogP contribution in [0.4, 0.5) is 5.82 Å². The van der Waals surface area contributed by atoms with Gasteiger partial charge in [-0.15, -0.1) is 0 Å². The van der Waals surface area contributed by atoms with Gasteiger partial charge in [-0.2, -0.15) is 5.10 Å². The van der Waals surface area contributed by atoms with E-state index < -0.39 is 0 Å². The maximum atomic E-state index is 5.93. The molecule has 0 radical (unpaired) electrons. The number of fused-ring (bicyclic) bond motifs is 3. The largest absolute Gasteiger partial charge is 0.454 e. The summed E-state index contributed by atoms with van der Waals surface area (Å²) < 4.78 is 11.0. The van der Waals surface area contributed by atoms with E-state index in [1.165, 1.54) is 0 Å². The van der Waals surface area contributed by atoms with Crippen molar-refractivity contribution in [3.63, 3.8) is 0 Å². The summed E-state index contributed by atoms with van der Waals surface area (Å²) in [5.41, 5.74) is 12.7. The first-order chi connectivity index (χ1) is 18.7. The number of hydrogen-bond acceptors (Lipinski definition) is 10. The van der Waals surface area contributed by atoms with Gasteiger partial charge in [0.25, 0.3) is 0 Å². The van der Waals surface area contributed by atoms with Gasteiger partial charge in [0.15, 0.2) is 23.0 Å². The molecular weight excluding hydrogens is 484 g/mol. The molecule has 0 unspecified atom stereocenters. The topological polar surface area (TPSA) is 157 Å². The third kappa shape index (κ3) is 3.27. The maximum Gasteiger partial charge on any atom is 0.231 e. The lowest BCUT2D eigenvalue weighted by Crippen LogP contribution is -2.56. The smallest absolute Gasteiger partial charge is 0.231 e. The first-order valence-electron chi connectivity index (χ1n) is 12.1. The highest BCUT2D eigenvalue weighted by molar-refractivity contribution is 5.96. The molecule has 0 amide bonds. The molecule has 186 valence electrons. The van der Waals surface area contributed by atoms with Crippen LogP contribution in [0.3, 0.4) is 0 Å². The van der Waals surface area contributed by atoms with Crippen molar-refractivity contribution in [2.24, 2.45) is 5.73 Å². The molecule has 0 saturated carbocycles. The van der Waals surface area contributed by atoms with Gasteiger partial charge in [0.2, 0.25) is 6.79 Å². The molecule has 2 aliphatic rings. The second kappa shape index (κ2) is 7.95. The lowest BCUT2D eigenvalue weighted by atomic mass is 10.1. The Morgan fingerprint density at radius 3 is 2.66 bits per heavy atom. The third-order valence-corrected chi connectivity index (χ3v) is 6.83. The molecule has 0 bridgehead atoms. The van der Waals surface area contributed by atoms with E-state index >= 15 is 0 Å². The molecule has 8 rings (SSSR count). The van der Waals surface area contributed by atoms with Crippen molar-refractivity contribution in [2.45, 2.75) is 6.04 Å². The second-order valence-corrected chi connectivity index (χ2v) is 9.33. The average molecular weight is 505 g/mol. The summed E-state index contributed by atoms with van der Waals surface area (Å²) in [4.78, 5) is 28.8. The van der Waals surface area contributed by atoms with Crippen LogP contribution >= 0.6 is 0 Å². The van der Waals surface area contributed by atoms with Crippen LogP contribution in [0.25, 0.3) is 56.1 Å². The predicted molar refractivity (Wildman–Crippen MR) is 140 cm³/mol. The van der Waals surface area contributed by atoms with Crippen molar-refractivity contribution in [3.8, 4) is 45.5 Å². The van der Waals surface area contributed by atoms with Crippen LogP contribution in [0, 0.1) is 0 Å². The minimum absolute atomic E-state index is 0.174.